The monoisotopic (exact) mass is 346 g/mol. The van der Waals surface area contributed by atoms with Crippen molar-refractivity contribution in [3.63, 3.8) is 0 Å². The maximum absolute atomic E-state index is 11.1. The molecule has 0 aliphatic rings. The van der Waals surface area contributed by atoms with E-state index in [-0.39, 0.29) is 11.4 Å². The Morgan fingerprint density at radius 1 is 1.35 bits per heavy atom. The Hall–Kier alpha value is -1.34. The van der Waals surface area contributed by atoms with Gasteiger partial charge in [0.05, 0.1) is 12.0 Å². The van der Waals surface area contributed by atoms with Gasteiger partial charge in [0.1, 0.15) is 6.61 Å². The molecule has 20 heavy (non-hydrogen) atoms. The van der Waals surface area contributed by atoms with Crippen molar-refractivity contribution in [3.05, 3.63) is 26.7 Å². The second kappa shape index (κ2) is 8.06. The summed E-state index contributed by atoms with van der Waals surface area (Å²) in [5.41, 5.74) is -0.101. The number of hydrogen-bond acceptors (Lipinski definition) is 5. The Morgan fingerprint density at radius 3 is 2.50 bits per heavy atom. The van der Waals surface area contributed by atoms with Gasteiger partial charge in [-0.2, -0.15) is 0 Å². The minimum absolute atomic E-state index is 0.101. The van der Waals surface area contributed by atoms with Gasteiger partial charge in [-0.3, -0.25) is 10.1 Å². The fourth-order valence-corrected chi connectivity index (χ4v) is 2.23. The molecule has 0 saturated heterocycles. The molecule has 7 heteroatoms. The smallest absolute Gasteiger partial charge is 0.316 e. The molecule has 0 fully saturated rings. The van der Waals surface area contributed by atoms with Gasteiger partial charge in [0, 0.05) is 17.1 Å². The summed E-state index contributed by atoms with van der Waals surface area (Å²) in [4.78, 5) is 12.8. The van der Waals surface area contributed by atoms with Crippen molar-refractivity contribution in [1.82, 2.24) is 4.90 Å². The lowest BCUT2D eigenvalue weighted by Gasteiger charge is -2.18. The number of nitrogens with zero attached hydrogens (tertiary/aromatic N) is 2. The second-order valence-corrected chi connectivity index (χ2v) is 5.00. The van der Waals surface area contributed by atoms with Crippen LogP contribution in [0.2, 0.25) is 0 Å². The molecule has 0 aliphatic heterocycles. The van der Waals surface area contributed by atoms with Gasteiger partial charge in [0.15, 0.2) is 5.75 Å². The van der Waals surface area contributed by atoms with Gasteiger partial charge in [-0.05, 0) is 19.2 Å². The van der Waals surface area contributed by atoms with Gasteiger partial charge < -0.3 is 14.4 Å². The third kappa shape index (κ3) is 4.35. The maximum atomic E-state index is 11.1. The van der Waals surface area contributed by atoms with Crippen LogP contribution < -0.4 is 9.47 Å². The Bertz CT molecular complexity index is 464. The van der Waals surface area contributed by atoms with E-state index in [4.69, 9.17) is 9.47 Å². The van der Waals surface area contributed by atoms with Crippen LogP contribution in [-0.4, -0.2) is 43.2 Å². The first-order chi connectivity index (χ1) is 9.53. The fourth-order valence-electron chi connectivity index (χ4n) is 1.80. The number of rotatable bonds is 8. The van der Waals surface area contributed by atoms with Gasteiger partial charge in [-0.1, -0.05) is 29.8 Å². The molecule has 1 aromatic carbocycles. The molecular formula is C13H19BrN2O4. The third-order valence-electron chi connectivity index (χ3n) is 2.96. The largest absolute Gasteiger partial charge is 0.493 e. The zero-order chi connectivity index (χ0) is 15.1. The summed E-state index contributed by atoms with van der Waals surface area (Å²) in [6.45, 7) is 7.04. The zero-order valence-corrected chi connectivity index (χ0v) is 13.5. The summed E-state index contributed by atoms with van der Waals surface area (Å²) in [6, 6.07) is 3.06. The molecule has 0 saturated carbocycles. The summed E-state index contributed by atoms with van der Waals surface area (Å²) >= 11 is 3.22. The van der Waals surface area contributed by atoms with Gasteiger partial charge in [-0.15, -0.1) is 0 Å². The van der Waals surface area contributed by atoms with E-state index in [2.05, 4.69) is 34.7 Å². The Kier molecular flexibility index (Phi) is 6.74. The molecule has 0 N–H and O–H groups in total. The van der Waals surface area contributed by atoms with Gasteiger partial charge in [0.25, 0.3) is 0 Å². The Balaban J connectivity index is 2.89. The van der Waals surface area contributed by atoms with Crippen molar-refractivity contribution in [2.75, 3.05) is 33.4 Å². The summed E-state index contributed by atoms with van der Waals surface area (Å²) in [5.74, 6) is 0.526. The van der Waals surface area contributed by atoms with Crippen LogP contribution >= 0.6 is 15.9 Å². The highest BCUT2D eigenvalue weighted by atomic mass is 79.9. The highest BCUT2D eigenvalue weighted by Crippen LogP contribution is 2.39. The standard InChI is InChI=1S/C13H19BrN2O4/c1-4-15(5-2)6-7-20-13-11(16(17)18)8-10(14)9-12(13)19-3/h8-9H,4-7H2,1-3H3. The zero-order valence-electron chi connectivity index (χ0n) is 11.9. The third-order valence-corrected chi connectivity index (χ3v) is 3.42. The van der Waals surface area contributed by atoms with Crippen molar-refractivity contribution >= 4 is 21.6 Å². The molecule has 0 heterocycles. The van der Waals surface area contributed by atoms with Gasteiger partial charge in [0.2, 0.25) is 5.75 Å². The number of hydrogen-bond donors (Lipinski definition) is 0. The van der Waals surface area contributed by atoms with Gasteiger partial charge in [-0.25, -0.2) is 0 Å². The average molecular weight is 347 g/mol. The van der Waals surface area contributed by atoms with E-state index < -0.39 is 4.92 Å². The van der Waals surface area contributed by atoms with Crippen LogP contribution in [0.25, 0.3) is 0 Å². The molecule has 0 radical (unpaired) electrons. The highest BCUT2D eigenvalue weighted by molar-refractivity contribution is 9.10. The number of benzene rings is 1. The summed E-state index contributed by atoms with van der Waals surface area (Å²) in [5, 5.41) is 11.1. The van der Waals surface area contributed by atoms with Crippen LogP contribution in [0, 0.1) is 10.1 Å². The highest BCUT2D eigenvalue weighted by Gasteiger charge is 2.21. The summed E-state index contributed by atoms with van der Waals surface area (Å²) in [7, 11) is 1.46. The molecule has 0 bridgehead atoms. The molecular weight excluding hydrogens is 328 g/mol. The molecule has 0 unspecified atom stereocenters. The van der Waals surface area contributed by atoms with E-state index >= 15 is 0 Å². The van der Waals surface area contributed by atoms with Crippen molar-refractivity contribution in [1.29, 1.82) is 0 Å². The van der Waals surface area contributed by atoms with E-state index in [0.717, 1.165) is 13.1 Å². The molecule has 0 aliphatic carbocycles. The predicted octanol–water partition coefficient (Wildman–Crippen LogP) is 3.09. The van der Waals surface area contributed by atoms with E-state index in [1.54, 1.807) is 6.07 Å². The SMILES string of the molecule is CCN(CC)CCOc1c(OC)cc(Br)cc1[N+](=O)[O-]. The minimum atomic E-state index is -0.472. The van der Waals surface area contributed by atoms with Crippen LogP contribution in [0.5, 0.6) is 11.5 Å². The molecule has 0 aromatic heterocycles. The van der Waals surface area contributed by atoms with Crippen LogP contribution in [0.15, 0.2) is 16.6 Å². The Morgan fingerprint density at radius 2 is 2.00 bits per heavy atom. The van der Waals surface area contributed by atoms with Crippen LogP contribution in [0.4, 0.5) is 5.69 Å². The van der Waals surface area contributed by atoms with Crippen LogP contribution in [-0.2, 0) is 0 Å². The number of nitro groups is 1. The number of likely N-dealkylation sites (N-methyl/N-ethyl adjacent to an activating group) is 1. The topological polar surface area (TPSA) is 64.8 Å². The van der Waals surface area contributed by atoms with E-state index in [9.17, 15) is 10.1 Å². The van der Waals surface area contributed by atoms with E-state index in [0.29, 0.717) is 23.4 Å². The number of halogens is 1. The molecule has 0 amide bonds. The predicted molar refractivity (Wildman–Crippen MR) is 80.6 cm³/mol. The quantitative estimate of drug-likeness (QED) is 0.534. The second-order valence-electron chi connectivity index (χ2n) is 4.09. The molecule has 0 atom stereocenters. The Labute approximate surface area is 126 Å². The summed E-state index contributed by atoms with van der Waals surface area (Å²) < 4.78 is 11.3. The first-order valence-electron chi connectivity index (χ1n) is 6.40. The lowest BCUT2D eigenvalue weighted by Crippen LogP contribution is -2.28. The van der Waals surface area contributed by atoms with Crippen molar-refractivity contribution in [2.24, 2.45) is 0 Å². The first kappa shape index (κ1) is 16.7. The minimum Gasteiger partial charge on any atom is -0.493 e. The lowest BCUT2D eigenvalue weighted by molar-refractivity contribution is -0.386. The number of ether oxygens (including phenoxy) is 2. The van der Waals surface area contributed by atoms with E-state index in [1.807, 2.05) is 0 Å². The molecule has 6 nitrogen and oxygen atoms in total. The summed E-state index contributed by atoms with van der Waals surface area (Å²) in [6.07, 6.45) is 0. The normalized spacial score (nSPS) is 10.7. The van der Waals surface area contributed by atoms with Crippen LogP contribution in [0.1, 0.15) is 13.8 Å². The average Bonchev–Trinajstić information content (AvgIpc) is 2.43. The lowest BCUT2D eigenvalue weighted by atomic mass is 10.2. The molecule has 112 valence electrons. The molecule has 0 spiro atoms. The van der Waals surface area contributed by atoms with Crippen molar-refractivity contribution in [2.45, 2.75) is 13.8 Å². The number of methoxy groups -OCH3 is 1. The van der Waals surface area contributed by atoms with Crippen LogP contribution in [0.3, 0.4) is 0 Å². The maximum Gasteiger partial charge on any atom is 0.316 e. The van der Waals surface area contributed by atoms with E-state index in [1.165, 1.54) is 13.2 Å². The number of nitro benzene ring substituents is 1. The molecule has 1 aromatic rings. The van der Waals surface area contributed by atoms with Gasteiger partial charge >= 0.3 is 5.69 Å². The van der Waals surface area contributed by atoms with Crippen molar-refractivity contribution < 1.29 is 14.4 Å². The first-order valence-corrected chi connectivity index (χ1v) is 7.19. The van der Waals surface area contributed by atoms with Crippen molar-refractivity contribution in [3.8, 4) is 11.5 Å². The fraction of sp³-hybridized carbons (Fsp3) is 0.538. The molecule has 1 rings (SSSR count).